The van der Waals surface area contributed by atoms with E-state index in [1.807, 2.05) is 0 Å². The first-order valence-corrected chi connectivity index (χ1v) is 5.87. The number of carbonyl (C=O) groups is 1. The average molecular weight is 346 g/mol. The van der Waals surface area contributed by atoms with E-state index in [9.17, 15) is 13.6 Å². The highest BCUT2D eigenvalue weighted by atomic mass is 127. The van der Waals surface area contributed by atoms with Crippen LogP contribution in [0.3, 0.4) is 0 Å². The molecular weight excluding hydrogens is 338 g/mol. The van der Waals surface area contributed by atoms with Crippen LogP contribution >= 0.6 is 34.2 Å². The Bertz CT molecular complexity index is 356. The lowest BCUT2D eigenvalue weighted by Crippen LogP contribution is -2.35. The van der Waals surface area contributed by atoms with Gasteiger partial charge in [0, 0.05) is 10.7 Å². The molecule has 0 heterocycles. The molecule has 0 aliphatic heterocycles. The standard InChI is InChI=1S/C9H7ClF2INO/c10-6-1-3-7(4-2-6)14-8(15)9(11,12)5-13/h1-4H,5H2,(H,14,15). The Morgan fingerprint density at radius 2 is 1.93 bits per heavy atom. The number of alkyl halides is 3. The molecule has 0 saturated carbocycles. The second kappa shape index (κ2) is 5.07. The summed E-state index contributed by atoms with van der Waals surface area (Å²) in [6.45, 7) is 0. The van der Waals surface area contributed by atoms with Crippen molar-refractivity contribution in [3.8, 4) is 0 Å². The lowest BCUT2D eigenvalue weighted by molar-refractivity contribution is -0.136. The van der Waals surface area contributed by atoms with Crippen molar-refractivity contribution in [2.24, 2.45) is 0 Å². The van der Waals surface area contributed by atoms with Crippen LogP contribution < -0.4 is 5.32 Å². The number of anilines is 1. The van der Waals surface area contributed by atoms with Crippen molar-refractivity contribution >= 4 is 45.8 Å². The van der Waals surface area contributed by atoms with Crippen LogP contribution in [0.4, 0.5) is 14.5 Å². The van der Waals surface area contributed by atoms with Gasteiger partial charge in [-0.15, -0.1) is 0 Å². The molecule has 82 valence electrons. The maximum Gasteiger partial charge on any atom is 0.333 e. The molecule has 0 bridgehead atoms. The number of rotatable bonds is 3. The number of carbonyl (C=O) groups excluding carboxylic acids is 1. The lowest BCUT2D eigenvalue weighted by atomic mass is 10.3. The molecule has 2 nitrogen and oxygen atoms in total. The van der Waals surface area contributed by atoms with Crippen molar-refractivity contribution in [3.63, 3.8) is 0 Å². The molecule has 1 aromatic carbocycles. The van der Waals surface area contributed by atoms with Crippen LogP contribution in [0.5, 0.6) is 0 Å². The fourth-order valence-corrected chi connectivity index (χ4v) is 1.29. The molecule has 1 rings (SSSR count). The summed E-state index contributed by atoms with van der Waals surface area (Å²) in [6.07, 6.45) is 0. The molecule has 0 aliphatic rings. The maximum absolute atomic E-state index is 12.9. The molecule has 1 N–H and O–H groups in total. The van der Waals surface area contributed by atoms with Crippen LogP contribution in [0.25, 0.3) is 0 Å². The predicted octanol–water partition coefficient (Wildman–Crippen LogP) is 3.35. The minimum Gasteiger partial charge on any atom is -0.321 e. The van der Waals surface area contributed by atoms with Gasteiger partial charge in [0.1, 0.15) is 0 Å². The van der Waals surface area contributed by atoms with Gasteiger partial charge >= 0.3 is 5.92 Å². The third-order valence-corrected chi connectivity index (χ3v) is 2.81. The van der Waals surface area contributed by atoms with E-state index in [2.05, 4.69) is 5.32 Å². The van der Waals surface area contributed by atoms with Crippen molar-refractivity contribution in [3.05, 3.63) is 29.3 Å². The zero-order valence-electron chi connectivity index (χ0n) is 7.44. The quantitative estimate of drug-likeness (QED) is 0.661. The average Bonchev–Trinajstić information content (AvgIpc) is 2.21. The topological polar surface area (TPSA) is 29.1 Å². The molecule has 0 fully saturated rings. The monoisotopic (exact) mass is 345 g/mol. The van der Waals surface area contributed by atoms with Gasteiger partial charge in [-0.3, -0.25) is 4.79 Å². The van der Waals surface area contributed by atoms with Crippen LogP contribution in [0, 0.1) is 0 Å². The molecule has 1 amide bonds. The first-order valence-electron chi connectivity index (χ1n) is 3.96. The molecule has 0 aliphatic carbocycles. The molecule has 0 atom stereocenters. The first kappa shape index (κ1) is 12.6. The van der Waals surface area contributed by atoms with E-state index < -0.39 is 16.3 Å². The Morgan fingerprint density at radius 1 is 1.40 bits per heavy atom. The van der Waals surface area contributed by atoms with E-state index >= 15 is 0 Å². The normalized spacial score (nSPS) is 11.2. The third kappa shape index (κ3) is 3.57. The van der Waals surface area contributed by atoms with E-state index in [0.717, 1.165) is 0 Å². The SMILES string of the molecule is O=C(Nc1ccc(Cl)cc1)C(F)(F)CI. The molecule has 0 unspecified atom stereocenters. The van der Waals surface area contributed by atoms with Crippen LogP contribution in [0.1, 0.15) is 0 Å². The fourth-order valence-electron chi connectivity index (χ4n) is 0.816. The Labute approximate surface area is 104 Å². The summed E-state index contributed by atoms with van der Waals surface area (Å²) in [4.78, 5) is 11.1. The van der Waals surface area contributed by atoms with Crippen molar-refractivity contribution in [1.29, 1.82) is 0 Å². The Kier molecular flexibility index (Phi) is 4.27. The highest BCUT2D eigenvalue weighted by Crippen LogP contribution is 2.20. The zero-order valence-corrected chi connectivity index (χ0v) is 10.4. The van der Waals surface area contributed by atoms with Gasteiger partial charge in [-0.1, -0.05) is 34.2 Å². The Morgan fingerprint density at radius 3 is 2.40 bits per heavy atom. The summed E-state index contributed by atoms with van der Waals surface area (Å²) in [5.74, 6) is -4.65. The van der Waals surface area contributed by atoms with Crippen LogP contribution in [-0.4, -0.2) is 16.3 Å². The predicted molar refractivity (Wildman–Crippen MR) is 63.9 cm³/mol. The molecule has 0 radical (unpaired) electrons. The zero-order chi connectivity index (χ0) is 11.5. The van der Waals surface area contributed by atoms with Gasteiger partial charge in [0.05, 0.1) is 4.43 Å². The maximum atomic E-state index is 12.9. The summed E-state index contributed by atoms with van der Waals surface area (Å²) in [7, 11) is 0. The molecule has 1 aromatic rings. The minimum atomic E-state index is -3.35. The molecule has 0 spiro atoms. The molecule has 6 heteroatoms. The largest absolute Gasteiger partial charge is 0.333 e. The smallest absolute Gasteiger partial charge is 0.321 e. The van der Waals surface area contributed by atoms with Gasteiger partial charge in [-0.25, -0.2) is 0 Å². The fraction of sp³-hybridized carbons (Fsp3) is 0.222. The summed E-state index contributed by atoms with van der Waals surface area (Å²) in [5.41, 5.74) is 0.300. The van der Waals surface area contributed by atoms with Crippen molar-refractivity contribution in [1.82, 2.24) is 0 Å². The van der Waals surface area contributed by atoms with Gasteiger partial charge in [0.2, 0.25) is 0 Å². The summed E-state index contributed by atoms with van der Waals surface area (Å²) < 4.78 is 25.2. The van der Waals surface area contributed by atoms with E-state index in [1.165, 1.54) is 46.9 Å². The lowest BCUT2D eigenvalue weighted by Gasteiger charge is -2.12. The number of hydrogen-bond acceptors (Lipinski definition) is 1. The van der Waals surface area contributed by atoms with Gasteiger partial charge < -0.3 is 5.32 Å². The van der Waals surface area contributed by atoms with Crippen LogP contribution in [-0.2, 0) is 4.79 Å². The van der Waals surface area contributed by atoms with Gasteiger partial charge in [0.25, 0.3) is 5.91 Å². The Hall–Kier alpha value is -0.430. The molecule has 0 saturated heterocycles. The van der Waals surface area contributed by atoms with E-state index in [4.69, 9.17) is 11.6 Å². The van der Waals surface area contributed by atoms with Crippen LogP contribution in [0.2, 0.25) is 5.02 Å². The minimum absolute atomic E-state index is 0.300. The highest BCUT2D eigenvalue weighted by molar-refractivity contribution is 14.1. The van der Waals surface area contributed by atoms with Crippen molar-refractivity contribution in [2.45, 2.75) is 5.92 Å². The second-order valence-corrected chi connectivity index (χ2v) is 4.00. The van der Waals surface area contributed by atoms with Gasteiger partial charge in [0.15, 0.2) is 0 Å². The first-order chi connectivity index (χ1) is 6.95. The van der Waals surface area contributed by atoms with Crippen molar-refractivity contribution < 1.29 is 13.6 Å². The van der Waals surface area contributed by atoms with Crippen LogP contribution in [0.15, 0.2) is 24.3 Å². The van der Waals surface area contributed by atoms with Gasteiger partial charge in [-0.2, -0.15) is 8.78 Å². The molecule has 0 aromatic heterocycles. The highest BCUT2D eigenvalue weighted by Gasteiger charge is 2.37. The Balaban J connectivity index is 2.71. The van der Waals surface area contributed by atoms with E-state index in [0.29, 0.717) is 10.7 Å². The number of amides is 1. The number of benzene rings is 1. The van der Waals surface area contributed by atoms with E-state index in [1.54, 1.807) is 0 Å². The number of halogens is 4. The summed E-state index contributed by atoms with van der Waals surface area (Å²) in [6, 6.07) is 5.95. The van der Waals surface area contributed by atoms with Crippen molar-refractivity contribution in [2.75, 3.05) is 9.74 Å². The molecule has 15 heavy (non-hydrogen) atoms. The summed E-state index contributed by atoms with van der Waals surface area (Å²) >= 11 is 7.06. The van der Waals surface area contributed by atoms with Gasteiger partial charge in [-0.05, 0) is 24.3 Å². The number of hydrogen-bond donors (Lipinski definition) is 1. The number of nitrogens with one attached hydrogen (secondary N) is 1. The molecular formula is C9H7ClF2INO. The van der Waals surface area contributed by atoms with E-state index in [-0.39, 0.29) is 0 Å². The summed E-state index contributed by atoms with van der Waals surface area (Å²) in [5, 5.41) is 2.59. The third-order valence-electron chi connectivity index (χ3n) is 1.60. The second-order valence-electron chi connectivity index (χ2n) is 2.80.